The number of hydrogen-bond donors (Lipinski definition) is 1. The molecule has 0 bridgehead atoms. The number of carboxylic acids is 1. The van der Waals surface area contributed by atoms with Crippen molar-refractivity contribution in [2.24, 2.45) is 11.8 Å². The van der Waals surface area contributed by atoms with E-state index in [-0.39, 0.29) is 17.9 Å². The number of methoxy groups -OCH3 is 1. The molecule has 3 atom stereocenters. The van der Waals surface area contributed by atoms with Crippen LogP contribution in [-0.2, 0) is 16.0 Å². The smallest absolute Gasteiger partial charge is 0.307 e. The first-order valence-electron chi connectivity index (χ1n) is 7.10. The molecule has 1 aliphatic carbocycles. The summed E-state index contributed by atoms with van der Waals surface area (Å²) in [6, 6.07) is 7.45. The maximum Gasteiger partial charge on any atom is 0.307 e. The van der Waals surface area contributed by atoms with Gasteiger partial charge < -0.3 is 9.84 Å². The second kappa shape index (κ2) is 7.09. The molecule has 1 aromatic rings. The van der Waals surface area contributed by atoms with Gasteiger partial charge in [0.25, 0.3) is 0 Å². The predicted molar refractivity (Wildman–Crippen MR) is 79.0 cm³/mol. The lowest BCUT2D eigenvalue weighted by atomic mass is 9.76. The summed E-state index contributed by atoms with van der Waals surface area (Å²) < 4.78 is 5.41. The molecule has 0 heterocycles. The van der Waals surface area contributed by atoms with E-state index in [4.69, 9.17) is 16.3 Å². The Balaban J connectivity index is 2.06. The maximum absolute atomic E-state index is 11.6. The van der Waals surface area contributed by atoms with Crippen LogP contribution in [-0.4, -0.2) is 24.3 Å². The Bertz CT molecular complexity index is 444. The molecule has 0 aromatic heterocycles. The van der Waals surface area contributed by atoms with Gasteiger partial charge >= 0.3 is 5.97 Å². The van der Waals surface area contributed by atoms with E-state index in [0.717, 1.165) is 31.2 Å². The van der Waals surface area contributed by atoms with Gasteiger partial charge in [-0.2, -0.15) is 0 Å². The number of carboxylic acid groups (broad SMARTS) is 1. The summed E-state index contributed by atoms with van der Waals surface area (Å²) in [5.41, 5.74) is 1.03. The van der Waals surface area contributed by atoms with Crippen molar-refractivity contribution in [2.75, 3.05) is 7.11 Å². The van der Waals surface area contributed by atoms with Crippen LogP contribution in [0.3, 0.4) is 0 Å². The van der Waals surface area contributed by atoms with Crippen molar-refractivity contribution >= 4 is 17.6 Å². The molecule has 1 aromatic carbocycles. The van der Waals surface area contributed by atoms with Crippen molar-refractivity contribution in [3.8, 4) is 0 Å². The fourth-order valence-corrected chi connectivity index (χ4v) is 3.22. The van der Waals surface area contributed by atoms with Crippen LogP contribution in [0, 0.1) is 11.8 Å². The molecule has 110 valence electrons. The number of rotatable bonds is 5. The highest BCUT2D eigenvalue weighted by Crippen LogP contribution is 2.33. The Morgan fingerprint density at radius 3 is 2.70 bits per heavy atom. The van der Waals surface area contributed by atoms with Crippen molar-refractivity contribution in [1.82, 2.24) is 0 Å². The van der Waals surface area contributed by atoms with Crippen LogP contribution >= 0.6 is 11.6 Å². The van der Waals surface area contributed by atoms with Gasteiger partial charge in [-0.1, -0.05) is 30.2 Å². The van der Waals surface area contributed by atoms with Gasteiger partial charge in [-0.25, -0.2) is 0 Å². The molecule has 20 heavy (non-hydrogen) atoms. The van der Waals surface area contributed by atoms with E-state index in [2.05, 4.69) is 0 Å². The molecule has 3 nitrogen and oxygen atoms in total. The Labute approximate surface area is 124 Å². The normalized spacial score (nSPS) is 24.3. The highest BCUT2D eigenvalue weighted by Gasteiger charge is 2.32. The number of aliphatic carboxylic acids is 1. The van der Waals surface area contributed by atoms with Crippen LogP contribution in [0.4, 0.5) is 0 Å². The van der Waals surface area contributed by atoms with E-state index in [0.29, 0.717) is 11.4 Å². The van der Waals surface area contributed by atoms with Gasteiger partial charge in [-0.05, 0) is 49.3 Å². The third kappa shape index (κ3) is 3.97. The van der Waals surface area contributed by atoms with Gasteiger partial charge in [-0.3, -0.25) is 4.79 Å². The van der Waals surface area contributed by atoms with Gasteiger partial charge in [0.05, 0.1) is 12.0 Å². The van der Waals surface area contributed by atoms with Gasteiger partial charge in [0.1, 0.15) is 0 Å². The number of halogens is 1. The van der Waals surface area contributed by atoms with Crippen molar-refractivity contribution in [2.45, 2.75) is 38.2 Å². The average molecular weight is 297 g/mol. The standard InChI is InChI=1S/C16H21ClO3/c1-20-14-4-2-3-12(10-14)15(16(18)19)9-11-5-7-13(17)8-6-11/h5-8,12,14-15H,2-4,9-10H2,1H3,(H,18,19). The van der Waals surface area contributed by atoms with Gasteiger partial charge in [0.15, 0.2) is 0 Å². The summed E-state index contributed by atoms with van der Waals surface area (Å²) in [6.07, 6.45) is 4.69. The quantitative estimate of drug-likeness (QED) is 0.899. The van der Waals surface area contributed by atoms with Crippen LogP contribution in [0.1, 0.15) is 31.2 Å². The van der Waals surface area contributed by atoms with Crippen molar-refractivity contribution in [1.29, 1.82) is 0 Å². The molecule has 1 aliphatic rings. The van der Waals surface area contributed by atoms with Gasteiger partial charge in [0.2, 0.25) is 0 Å². The lowest BCUT2D eigenvalue weighted by Gasteiger charge is -2.32. The molecule has 0 spiro atoms. The zero-order valence-electron chi connectivity index (χ0n) is 11.7. The summed E-state index contributed by atoms with van der Waals surface area (Å²) in [5, 5.41) is 10.2. The van der Waals surface area contributed by atoms with E-state index in [9.17, 15) is 9.90 Å². The van der Waals surface area contributed by atoms with Gasteiger partial charge in [0, 0.05) is 12.1 Å². The first-order valence-corrected chi connectivity index (χ1v) is 7.48. The molecular weight excluding hydrogens is 276 g/mol. The van der Waals surface area contributed by atoms with E-state index < -0.39 is 5.97 Å². The molecule has 0 saturated heterocycles. The number of ether oxygens (including phenoxy) is 1. The van der Waals surface area contributed by atoms with Crippen molar-refractivity contribution in [3.05, 3.63) is 34.9 Å². The minimum atomic E-state index is -0.707. The van der Waals surface area contributed by atoms with Crippen LogP contribution in [0.25, 0.3) is 0 Å². The Morgan fingerprint density at radius 2 is 2.10 bits per heavy atom. The summed E-state index contributed by atoms with van der Waals surface area (Å²) in [4.78, 5) is 11.6. The third-order valence-corrected chi connectivity index (χ3v) is 4.51. The lowest BCUT2D eigenvalue weighted by molar-refractivity contribution is -0.144. The van der Waals surface area contributed by atoms with Crippen LogP contribution < -0.4 is 0 Å². The Kier molecular flexibility index (Phi) is 5.44. The minimum absolute atomic E-state index is 0.196. The first kappa shape index (κ1) is 15.3. The van der Waals surface area contributed by atoms with E-state index in [1.807, 2.05) is 24.3 Å². The first-order chi connectivity index (χ1) is 9.60. The van der Waals surface area contributed by atoms with E-state index in [1.54, 1.807) is 7.11 Å². The highest BCUT2D eigenvalue weighted by atomic mass is 35.5. The largest absolute Gasteiger partial charge is 0.481 e. The van der Waals surface area contributed by atoms with Gasteiger partial charge in [-0.15, -0.1) is 0 Å². The number of carbonyl (C=O) groups is 1. The Hall–Kier alpha value is -1.06. The zero-order valence-corrected chi connectivity index (χ0v) is 12.5. The minimum Gasteiger partial charge on any atom is -0.481 e. The monoisotopic (exact) mass is 296 g/mol. The second-order valence-electron chi connectivity index (χ2n) is 5.56. The molecule has 1 N–H and O–H groups in total. The molecule has 0 amide bonds. The van der Waals surface area contributed by atoms with Crippen LogP contribution in [0.2, 0.25) is 5.02 Å². The summed E-state index contributed by atoms with van der Waals surface area (Å²) in [5.74, 6) is -0.849. The summed E-state index contributed by atoms with van der Waals surface area (Å²) in [6.45, 7) is 0. The predicted octanol–water partition coefficient (Wildman–Crippen LogP) is 3.79. The fourth-order valence-electron chi connectivity index (χ4n) is 3.09. The van der Waals surface area contributed by atoms with E-state index >= 15 is 0 Å². The molecule has 0 aliphatic heterocycles. The lowest BCUT2D eigenvalue weighted by Crippen LogP contribution is -2.32. The second-order valence-corrected chi connectivity index (χ2v) is 6.00. The third-order valence-electron chi connectivity index (χ3n) is 4.26. The molecule has 4 heteroatoms. The maximum atomic E-state index is 11.6. The Morgan fingerprint density at radius 1 is 1.40 bits per heavy atom. The molecule has 3 unspecified atom stereocenters. The van der Waals surface area contributed by atoms with E-state index in [1.165, 1.54) is 0 Å². The zero-order chi connectivity index (χ0) is 14.5. The summed E-state index contributed by atoms with van der Waals surface area (Å²) in [7, 11) is 1.71. The summed E-state index contributed by atoms with van der Waals surface area (Å²) >= 11 is 5.86. The molecule has 1 fully saturated rings. The average Bonchev–Trinajstić information content (AvgIpc) is 2.46. The fraction of sp³-hybridized carbons (Fsp3) is 0.562. The van der Waals surface area contributed by atoms with Crippen LogP contribution in [0.5, 0.6) is 0 Å². The topological polar surface area (TPSA) is 46.5 Å². The van der Waals surface area contributed by atoms with Crippen LogP contribution in [0.15, 0.2) is 24.3 Å². The number of hydrogen-bond acceptors (Lipinski definition) is 2. The SMILES string of the molecule is COC1CCCC(C(Cc2ccc(Cl)cc2)C(=O)O)C1. The molecule has 2 rings (SSSR count). The van der Waals surface area contributed by atoms with Crippen molar-refractivity contribution < 1.29 is 14.6 Å². The molecule has 0 radical (unpaired) electrons. The molecular formula is C16H21ClO3. The molecule has 1 saturated carbocycles. The highest BCUT2D eigenvalue weighted by molar-refractivity contribution is 6.30. The number of benzene rings is 1. The van der Waals surface area contributed by atoms with Crippen molar-refractivity contribution in [3.63, 3.8) is 0 Å².